The topological polar surface area (TPSA) is 23.5 Å². The molecule has 2 aliphatic rings. The normalized spacial score (nSPS) is 43.4. The van der Waals surface area contributed by atoms with Crippen LogP contribution in [-0.4, -0.2) is 34.7 Å². The van der Waals surface area contributed by atoms with Gasteiger partial charge in [0.15, 0.2) is 0 Å². The maximum atomic E-state index is 11.1. The number of aliphatic hydroxyl groups is 1. The first-order chi connectivity index (χ1) is 8.08. The Labute approximate surface area is 106 Å². The SMILES string of the molecule is CCCC[C@@]1(O)C[C@@H](C)N(C)[C@H]2CCCC[C@@H]21. The number of piperidine rings is 1. The predicted octanol–water partition coefficient (Wildman–Crippen LogP) is 3.19. The Hall–Kier alpha value is -0.0800. The summed E-state index contributed by atoms with van der Waals surface area (Å²) in [5, 5.41) is 11.1. The number of nitrogens with zero attached hydrogens (tertiary/aromatic N) is 1. The van der Waals surface area contributed by atoms with Gasteiger partial charge < -0.3 is 10.0 Å². The Morgan fingerprint density at radius 3 is 2.71 bits per heavy atom. The Balaban J connectivity index is 2.14. The van der Waals surface area contributed by atoms with Gasteiger partial charge in [-0.1, -0.05) is 32.6 Å². The van der Waals surface area contributed by atoms with E-state index in [1.807, 2.05) is 0 Å². The Kier molecular flexibility index (Phi) is 4.14. The number of likely N-dealkylation sites (tertiary alicyclic amines) is 1. The van der Waals surface area contributed by atoms with Gasteiger partial charge in [-0.25, -0.2) is 0 Å². The van der Waals surface area contributed by atoms with Crippen molar-refractivity contribution < 1.29 is 5.11 Å². The molecule has 0 spiro atoms. The van der Waals surface area contributed by atoms with Crippen molar-refractivity contribution in [2.24, 2.45) is 5.92 Å². The second-order valence-corrected chi connectivity index (χ2v) is 6.38. The number of fused-ring (bicyclic) bond motifs is 1. The third-order valence-corrected chi connectivity index (χ3v) is 5.25. The third-order valence-electron chi connectivity index (χ3n) is 5.25. The smallest absolute Gasteiger partial charge is 0.0705 e. The summed E-state index contributed by atoms with van der Waals surface area (Å²) in [6.45, 7) is 4.50. The quantitative estimate of drug-likeness (QED) is 0.817. The zero-order valence-electron chi connectivity index (χ0n) is 11.8. The molecular formula is C15H29NO. The lowest BCUT2D eigenvalue weighted by Gasteiger charge is -2.54. The van der Waals surface area contributed by atoms with Crippen LogP contribution in [0.3, 0.4) is 0 Å². The lowest BCUT2D eigenvalue weighted by atomic mass is 9.66. The Morgan fingerprint density at radius 2 is 2.00 bits per heavy atom. The highest BCUT2D eigenvalue weighted by molar-refractivity contribution is 5.02. The number of hydrogen-bond donors (Lipinski definition) is 1. The van der Waals surface area contributed by atoms with Crippen molar-refractivity contribution in [1.29, 1.82) is 0 Å². The van der Waals surface area contributed by atoms with Gasteiger partial charge in [-0.3, -0.25) is 0 Å². The molecule has 0 bridgehead atoms. The molecule has 2 heteroatoms. The monoisotopic (exact) mass is 239 g/mol. The number of unbranched alkanes of at least 4 members (excludes halogenated alkanes) is 1. The van der Waals surface area contributed by atoms with E-state index in [-0.39, 0.29) is 5.60 Å². The minimum absolute atomic E-state index is 0.368. The van der Waals surface area contributed by atoms with Crippen LogP contribution in [0.4, 0.5) is 0 Å². The van der Waals surface area contributed by atoms with Gasteiger partial charge in [0, 0.05) is 18.0 Å². The second-order valence-electron chi connectivity index (χ2n) is 6.38. The summed E-state index contributed by atoms with van der Waals surface area (Å²) in [7, 11) is 2.26. The van der Waals surface area contributed by atoms with E-state index in [0.29, 0.717) is 18.0 Å². The van der Waals surface area contributed by atoms with E-state index in [0.717, 1.165) is 12.8 Å². The maximum absolute atomic E-state index is 11.1. The molecule has 2 rings (SSSR count). The first-order valence-corrected chi connectivity index (χ1v) is 7.53. The summed E-state index contributed by atoms with van der Waals surface area (Å²) >= 11 is 0. The summed E-state index contributed by atoms with van der Waals surface area (Å²) in [5.74, 6) is 0.531. The van der Waals surface area contributed by atoms with Crippen LogP contribution in [0.25, 0.3) is 0 Å². The van der Waals surface area contributed by atoms with Gasteiger partial charge in [0.25, 0.3) is 0 Å². The van der Waals surface area contributed by atoms with E-state index in [4.69, 9.17) is 0 Å². The Bertz CT molecular complexity index is 255. The molecule has 1 aliphatic carbocycles. The molecule has 1 N–H and O–H groups in total. The lowest BCUT2D eigenvalue weighted by molar-refractivity contribution is -0.131. The fourth-order valence-electron chi connectivity index (χ4n) is 4.13. The molecule has 0 aromatic rings. The maximum Gasteiger partial charge on any atom is 0.0705 e. The van der Waals surface area contributed by atoms with Crippen molar-refractivity contribution in [2.45, 2.75) is 82.9 Å². The van der Waals surface area contributed by atoms with Crippen molar-refractivity contribution in [2.75, 3.05) is 7.05 Å². The van der Waals surface area contributed by atoms with Crippen LogP contribution in [0.5, 0.6) is 0 Å². The molecule has 100 valence electrons. The van der Waals surface area contributed by atoms with E-state index < -0.39 is 0 Å². The molecule has 1 aliphatic heterocycles. The van der Waals surface area contributed by atoms with Crippen LogP contribution in [-0.2, 0) is 0 Å². The zero-order chi connectivity index (χ0) is 12.5. The van der Waals surface area contributed by atoms with E-state index in [9.17, 15) is 5.11 Å². The molecule has 0 unspecified atom stereocenters. The molecular weight excluding hydrogens is 210 g/mol. The first kappa shape index (κ1) is 13.4. The van der Waals surface area contributed by atoms with Gasteiger partial charge in [0.05, 0.1) is 5.60 Å². The molecule has 1 saturated heterocycles. The average molecular weight is 239 g/mol. The molecule has 2 nitrogen and oxygen atoms in total. The minimum atomic E-state index is -0.368. The molecule has 0 amide bonds. The number of rotatable bonds is 3. The van der Waals surface area contributed by atoms with Gasteiger partial charge in [-0.05, 0) is 39.7 Å². The van der Waals surface area contributed by atoms with E-state index in [1.165, 1.54) is 38.5 Å². The summed E-state index contributed by atoms with van der Waals surface area (Å²) in [4.78, 5) is 2.53. The van der Waals surface area contributed by atoms with Crippen molar-refractivity contribution >= 4 is 0 Å². The standard InChI is InChI=1S/C15H29NO/c1-4-5-10-15(17)11-12(2)16(3)14-9-7-6-8-13(14)15/h12-14,17H,4-11H2,1-3H3/t12-,13+,14+,15-/m1/s1. The van der Waals surface area contributed by atoms with Crippen molar-refractivity contribution in [3.8, 4) is 0 Å². The van der Waals surface area contributed by atoms with E-state index >= 15 is 0 Å². The van der Waals surface area contributed by atoms with Crippen LogP contribution in [0.2, 0.25) is 0 Å². The minimum Gasteiger partial charge on any atom is -0.389 e. The number of hydrogen-bond acceptors (Lipinski definition) is 2. The summed E-state index contributed by atoms with van der Waals surface area (Å²) < 4.78 is 0. The van der Waals surface area contributed by atoms with Crippen LogP contribution in [0.15, 0.2) is 0 Å². The summed E-state index contributed by atoms with van der Waals surface area (Å²) in [5.41, 5.74) is -0.368. The fraction of sp³-hybridized carbons (Fsp3) is 1.00. The van der Waals surface area contributed by atoms with Crippen molar-refractivity contribution in [3.05, 3.63) is 0 Å². The van der Waals surface area contributed by atoms with Gasteiger partial charge in [0.1, 0.15) is 0 Å². The molecule has 1 heterocycles. The highest BCUT2D eigenvalue weighted by Gasteiger charge is 2.48. The fourth-order valence-corrected chi connectivity index (χ4v) is 4.13. The lowest BCUT2D eigenvalue weighted by Crippen LogP contribution is -2.60. The van der Waals surface area contributed by atoms with Gasteiger partial charge in [0.2, 0.25) is 0 Å². The molecule has 4 atom stereocenters. The molecule has 17 heavy (non-hydrogen) atoms. The van der Waals surface area contributed by atoms with Gasteiger partial charge in [-0.15, -0.1) is 0 Å². The van der Waals surface area contributed by atoms with Crippen molar-refractivity contribution in [1.82, 2.24) is 4.90 Å². The van der Waals surface area contributed by atoms with Crippen molar-refractivity contribution in [3.63, 3.8) is 0 Å². The van der Waals surface area contributed by atoms with Crippen LogP contribution in [0, 0.1) is 5.92 Å². The van der Waals surface area contributed by atoms with E-state index in [1.54, 1.807) is 0 Å². The van der Waals surface area contributed by atoms with Crippen LogP contribution < -0.4 is 0 Å². The molecule has 2 fully saturated rings. The van der Waals surface area contributed by atoms with Crippen LogP contribution >= 0.6 is 0 Å². The summed E-state index contributed by atoms with van der Waals surface area (Å²) in [6, 6.07) is 1.17. The summed E-state index contributed by atoms with van der Waals surface area (Å²) in [6.07, 6.45) is 9.56. The van der Waals surface area contributed by atoms with Gasteiger partial charge >= 0.3 is 0 Å². The first-order valence-electron chi connectivity index (χ1n) is 7.53. The highest BCUT2D eigenvalue weighted by Crippen LogP contribution is 2.45. The van der Waals surface area contributed by atoms with E-state index in [2.05, 4.69) is 25.8 Å². The van der Waals surface area contributed by atoms with Gasteiger partial charge in [-0.2, -0.15) is 0 Å². The molecule has 0 aromatic heterocycles. The van der Waals surface area contributed by atoms with Crippen LogP contribution in [0.1, 0.15) is 65.2 Å². The third kappa shape index (κ3) is 2.53. The molecule has 1 saturated carbocycles. The second kappa shape index (κ2) is 5.27. The average Bonchev–Trinajstić information content (AvgIpc) is 2.34. The Morgan fingerprint density at radius 1 is 1.29 bits per heavy atom. The molecule has 0 radical (unpaired) electrons. The molecule has 0 aromatic carbocycles. The zero-order valence-corrected chi connectivity index (χ0v) is 11.8. The highest BCUT2D eigenvalue weighted by atomic mass is 16.3. The largest absolute Gasteiger partial charge is 0.389 e. The predicted molar refractivity (Wildman–Crippen MR) is 72.1 cm³/mol.